The quantitative estimate of drug-likeness (QED) is 0.216. The van der Waals surface area contributed by atoms with Crippen molar-refractivity contribution in [1.29, 1.82) is 0 Å². The lowest BCUT2D eigenvalue weighted by Crippen LogP contribution is -2.59. The molecule has 6 N–H and O–H groups in total. The molecule has 5 atom stereocenters. The molecule has 5 amide bonds. The maximum Gasteiger partial charge on any atom is 0.408 e. The average Bonchev–Trinajstić information content (AvgIpc) is 3.52. The number of alkyl carbamates (subject to hydrolysis) is 1. The third-order valence-electron chi connectivity index (χ3n) is 9.22. The number of hydrogen-bond donors (Lipinski definition) is 5. The predicted octanol–water partition coefficient (Wildman–Crippen LogP) is 2.96. The minimum Gasteiger partial charge on any atom is -0.445 e. The summed E-state index contributed by atoms with van der Waals surface area (Å²) >= 11 is 0. The summed E-state index contributed by atoms with van der Waals surface area (Å²) in [4.78, 5) is 67.4. The van der Waals surface area contributed by atoms with Crippen LogP contribution in [0.15, 0.2) is 60.7 Å². The normalized spacial score (nSPS) is 20.0. The molecule has 2 aromatic carbocycles. The second kappa shape index (κ2) is 17.3. The molecule has 0 bridgehead atoms. The van der Waals surface area contributed by atoms with Crippen molar-refractivity contribution in [1.82, 2.24) is 20.9 Å². The maximum absolute atomic E-state index is 14.2. The Morgan fingerprint density at radius 1 is 0.898 bits per heavy atom. The number of carbonyl (C=O) groups is 5. The molecule has 0 radical (unpaired) electrons. The molecule has 1 heterocycles. The number of carbonyl (C=O) groups excluding carboxylic acids is 5. The highest BCUT2D eigenvalue weighted by molar-refractivity contribution is 5.93. The summed E-state index contributed by atoms with van der Waals surface area (Å²) in [6.07, 6.45) is 2.81. The lowest BCUT2D eigenvalue weighted by atomic mass is 9.79. The third kappa shape index (κ3) is 11.3. The highest BCUT2D eigenvalue weighted by atomic mass is 16.5. The van der Waals surface area contributed by atoms with Crippen molar-refractivity contribution in [3.63, 3.8) is 0 Å². The van der Waals surface area contributed by atoms with Gasteiger partial charge in [-0.05, 0) is 56.6 Å². The van der Waals surface area contributed by atoms with Crippen LogP contribution in [0, 0.1) is 11.8 Å². The van der Waals surface area contributed by atoms with Gasteiger partial charge in [0.05, 0.1) is 12.5 Å². The summed E-state index contributed by atoms with van der Waals surface area (Å²) in [5, 5.41) is 19.8. The lowest BCUT2D eigenvalue weighted by molar-refractivity contribution is -0.147. The Morgan fingerprint density at radius 2 is 1.51 bits per heavy atom. The molecule has 1 aliphatic carbocycles. The van der Waals surface area contributed by atoms with Crippen LogP contribution < -0.4 is 21.7 Å². The van der Waals surface area contributed by atoms with Crippen LogP contribution in [0.3, 0.4) is 0 Å². The number of hydrogen-bond acceptors (Lipinski definition) is 7. The van der Waals surface area contributed by atoms with Crippen molar-refractivity contribution in [3.8, 4) is 0 Å². The van der Waals surface area contributed by atoms with Crippen LogP contribution in [0.2, 0.25) is 0 Å². The molecule has 49 heavy (non-hydrogen) atoms. The van der Waals surface area contributed by atoms with Gasteiger partial charge in [0.25, 0.3) is 5.91 Å². The largest absolute Gasteiger partial charge is 0.445 e. The van der Waals surface area contributed by atoms with E-state index in [9.17, 15) is 29.1 Å². The van der Waals surface area contributed by atoms with Gasteiger partial charge in [-0.25, -0.2) is 4.79 Å². The van der Waals surface area contributed by atoms with E-state index in [1.807, 2.05) is 32.9 Å². The zero-order valence-corrected chi connectivity index (χ0v) is 28.7. The van der Waals surface area contributed by atoms with Gasteiger partial charge < -0.3 is 36.4 Å². The Hall–Kier alpha value is -4.45. The van der Waals surface area contributed by atoms with Crippen LogP contribution in [0.25, 0.3) is 0 Å². The topological polar surface area (TPSA) is 180 Å². The van der Waals surface area contributed by atoms with Gasteiger partial charge in [0.15, 0.2) is 6.10 Å². The summed E-state index contributed by atoms with van der Waals surface area (Å²) in [6, 6.07) is 14.6. The fourth-order valence-corrected chi connectivity index (χ4v) is 6.81. The Balaban J connectivity index is 1.54. The number of benzene rings is 2. The molecular formula is C37H51N5O7. The number of nitrogens with one attached hydrogen (secondary N) is 3. The fourth-order valence-electron chi connectivity index (χ4n) is 6.81. The zero-order valence-electron chi connectivity index (χ0n) is 28.7. The summed E-state index contributed by atoms with van der Waals surface area (Å²) in [7, 11) is 0. The number of rotatable bonds is 13. The number of primary amides is 1. The summed E-state index contributed by atoms with van der Waals surface area (Å²) in [5.74, 6) is -2.13. The number of nitrogens with two attached hydrogens (primary N) is 1. The van der Waals surface area contributed by atoms with E-state index in [0.717, 1.165) is 36.8 Å². The minimum absolute atomic E-state index is 0.0555. The first-order valence-electron chi connectivity index (χ1n) is 17.2. The van der Waals surface area contributed by atoms with E-state index < -0.39 is 60.0 Å². The van der Waals surface area contributed by atoms with Crippen LogP contribution in [0.1, 0.15) is 76.8 Å². The van der Waals surface area contributed by atoms with Crippen molar-refractivity contribution in [3.05, 3.63) is 71.8 Å². The molecule has 2 aliphatic rings. The Labute approximate surface area is 288 Å². The van der Waals surface area contributed by atoms with Crippen molar-refractivity contribution in [2.24, 2.45) is 17.6 Å². The van der Waals surface area contributed by atoms with E-state index in [-0.39, 0.29) is 24.9 Å². The number of amides is 5. The summed E-state index contributed by atoms with van der Waals surface area (Å²) in [5.41, 5.74) is 6.34. The van der Waals surface area contributed by atoms with Crippen LogP contribution >= 0.6 is 0 Å². The second-order valence-electron chi connectivity index (χ2n) is 14.3. The molecule has 2 fully saturated rings. The Kier molecular flexibility index (Phi) is 13.2. The highest BCUT2D eigenvalue weighted by Crippen LogP contribution is 2.38. The van der Waals surface area contributed by atoms with Gasteiger partial charge in [0, 0.05) is 12.1 Å². The van der Waals surface area contributed by atoms with Crippen LogP contribution in [0.5, 0.6) is 0 Å². The van der Waals surface area contributed by atoms with E-state index in [4.69, 9.17) is 10.5 Å². The average molecular weight is 678 g/mol. The van der Waals surface area contributed by atoms with Gasteiger partial charge in [0.1, 0.15) is 18.7 Å². The van der Waals surface area contributed by atoms with Gasteiger partial charge >= 0.3 is 6.09 Å². The summed E-state index contributed by atoms with van der Waals surface area (Å²) in [6.45, 7) is 5.88. The van der Waals surface area contributed by atoms with Crippen LogP contribution in [0.4, 0.5) is 4.79 Å². The molecule has 0 aromatic heterocycles. The van der Waals surface area contributed by atoms with Gasteiger partial charge in [-0.1, -0.05) is 92.8 Å². The zero-order chi connectivity index (χ0) is 35.6. The standard InChI is InChI=1S/C37H51N5O7/c1-37(2,3)41-34(46)30-20-27(26-17-11-6-12-18-26)22-42(30)35(47)32(44)28(19-24-13-7-4-8-14-24)39-33(45)29(21-31(38)43)40-36(48)49-23-25-15-9-5-10-16-25/h4-5,7-10,13-16,26-30,32,44H,6,11-12,17-23H2,1-3H3,(H2,38,43)(H,39,45)(H,40,48)(H,41,46)/t27-,28+,29+,30+,32+/m1/s1. The molecule has 12 heteroatoms. The lowest BCUT2D eigenvalue weighted by Gasteiger charge is -2.32. The monoisotopic (exact) mass is 677 g/mol. The van der Waals surface area contributed by atoms with Gasteiger partial charge in [-0.3, -0.25) is 19.2 Å². The van der Waals surface area contributed by atoms with E-state index in [1.165, 1.54) is 11.3 Å². The highest BCUT2D eigenvalue weighted by Gasteiger charge is 2.46. The van der Waals surface area contributed by atoms with E-state index in [2.05, 4.69) is 16.0 Å². The smallest absolute Gasteiger partial charge is 0.408 e. The first-order valence-corrected chi connectivity index (χ1v) is 17.2. The molecule has 1 aliphatic heterocycles. The second-order valence-corrected chi connectivity index (χ2v) is 14.3. The molecule has 1 saturated heterocycles. The fraction of sp³-hybridized carbons (Fsp3) is 0.541. The molecule has 1 saturated carbocycles. The van der Waals surface area contributed by atoms with E-state index >= 15 is 0 Å². The molecule has 0 unspecified atom stereocenters. The number of aliphatic hydroxyl groups is 1. The molecular weight excluding hydrogens is 626 g/mol. The van der Waals surface area contributed by atoms with Crippen molar-refractivity contribution < 1.29 is 33.8 Å². The van der Waals surface area contributed by atoms with Gasteiger partial charge in [-0.15, -0.1) is 0 Å². The Morgan fingerprint density at radius 3 is 2.10 bits per heavy atom. The van der Waals surface area contributed by atoms with E-state index in [1.54, 1.807) is 48.5 Å². The first kappa shape index (κ1) is 37.4. The van der Waals surface area contributed by atoms with Crippen molar-refractivity contribution in [2.45, 2.75) is 109 Å². The number of nitrogens with zero attached hydrogens (tertiary/aromatic N) is 1. The number of likely N-dealkylation sites (tertiary alicyclic amines) is 1. The predicted molar refractivity (Wildman–Crippen MR) is 184 cm³/mol. The van der Waals surface area contributed by atoms with Crippen molar-refractivity contribution in [2.75, 3.05) is 6.54 Å². The molecule has 4 rings (SSSR count). The molecule has 2 aromatic rings. The van der Waals surface area contributed by atoms with Crippen LogP contribution in [-0.4, -0.2) is 76.0 Å². The van der Waals surface area contributed by atoms with Crippen LogP contribution in [-0.2, 0) is 36.9 Å². The maximum atomic E-state index is 14.2. The number of ether oxygens (including phenoxy) is 1. The molecule has 0 spiro atoms. The van der Waals surface area contributed by atoms with Gasteiger partial charge in [0.2, 0.25) is 17.7 Å². The minimum atomic E-state index is -1.74. The molecule has 12 nitrogen and oxygen atoms in total. The Bertz CT molecular complexity index is 1430. The summed E-state index contributed by atoms with van der Waals surface area (Å²) < 4.78 is 5.24. The van der Waals surface area contributed by atoms with Crippen molar-refractivity contribution >= 4 is 29.7 Å². The first-order chi connectivity index (χ1) is 23.3. The third-order valence-corrected chi connectivity index (χ3v) is 9.22. The van der Waals surface area contributed by atoms with Gasteiger partial charge in [-0.2, -0.15) is 0 Å². The SMILES string of the molecule is CC(C)(C)NC(=O)[C@@H]1C[C@@H](C2CCCCC2)CN1C(=O)[C@@H](O)[C@H](Cc1ccccc1)NC(=O)[C@H](CC(N)=O)NC(=O)OCc1ccccc1. The number of aliphatic hydroxyl groups excluding tert-OH is 1. The van der Waals surface area contributed by atoms with E-state index in [0.29, 0.717) is 18.9 Å². The molecule has 266 valence electrons.